The fraction of sp³-hybridized carbons (Fsp3) is 0.519. The highest BCUT2D eigenvalue weighted by molar-refractivity contribution is 5.95. The topological polar surface area (TPSA) is 217 Å². The largest absolute Gasteiger partial charge is 0.480 e. The van der Waals surface area contributed by atoms with Crippen molar-refractivity contribution in [2.45, 2.75) is 70.1 Å². The number of nitrogens with one attached hydrogen (secondary N) is 5. The van der Waals surface area contributed by atoms with E-state index in [4.69, 9.17) is 11.5 Å². The summed E-state index contributed by atoms with van der Waals surface area (Å²) in [5, 5.41) is 21.7. The Labute approximate surface area is 232 Å². The number of benzene rings is 1. The minimum absolute atomic E-state index is 0.0992. The fourth-order valence-electron chi connectivity index (χ4n) is 4.72. The fourth-order valence-corrected chi connectivity index (χ4v) is 4.72. The smallest absolute Gasteiger partial charge is 0.326 e. The lowest BCUT2D eigenvalue weighted by Crippen LogP contribution is -2.58. The minimum Gasteiger partial charge on any atom is -0.480 e. The molecular weight excluding hydrogens is 516 g/mol. The number of rotatable bonds is 14. The van der Waals surface area contributed by atoms with E-state index in [1.54, 1.807) is 20.0 Å². The van der Waals surface area contributed by atoms with E-state index in [-0.39, 0.29) is 37.2 Å². The molecule has 2 heterocycles. The number of amides is 3. The number of H-pyrrole nitrogens is 1. The number of nitrogens with zero attached hydrogens (tertiary/aromatic N) is 1. The van der Waals surface area contributed by atoms with E-state index in [9.17, 15) is 24.3 Å². The summed E-state index contributed by atoms with van der Waals surface area (Å²) in [6.45, 7) is 4.29. The van der Waals surface area contributed by atoms with Gasteiger partial charge >= 0.3 is 5.97 Å². The van der Waals surface area contributed by atoms with E-state index >= 15 is 0 Å². The molecular formula is C27H40N8O5. The summed E-state index contributed by atoms with van der Waals surface area (Å²) in [5.41, 5.74) is 12.5. The lowest BCUT2D eigenvalue weighted by Gasteiger charge is -2.26. The summed E-state index contributed by atoms with van der Waals surface area (Å²) in [4.78, 5) is 58.6. The van der Waals surface area contributed by atoms with Crippen LogP contribution in [0.1, 0.15) is 45.1 Å². The predicted molar refractivity (Wildman–Crippen MR) is 151 cm³/mol. The molecule has 40 heavy (non-hydrogen) atoms. The van der Waals surface area contributed by atoms with Gasteiger partial charge in [0.1, 0.15) is 18.1 Å². The standard InChI is InChI=1S/C27H40N8O5/c1-15(2)22(26(39)40)35-24(37)20(10-6-12-31-27(28)29)33-25(38)21(34-23(36)19-9-5-11-30-19)13-16-14-32-18-8-4-3-7-17(16)18/h3-4,7-8,14-15,19-22,30,32H,5-6,9-13H2,1-2H3,(H,33,38)(H,34,36)(H,35,37)(H,39,40)(H4,28,29,31). The van der Waals surface area contributed by atoms with E-state index in [0.29, 0.717) is 12.8 Å². The van der Waals surface area contributed by atoms with Crippen molar-refractivity contribution >= 4 is 40.6 Å². The number of hydrogen-bond donors (Lipinski definition) is 8. The first-order chi connectivity index (χ1) is 19.1. The second-order valence-corrected chi connectivity index (χ2v) is 10.4. The van der Waals surface area contributed by atoms with Crippen molar-refractivity contribution in [3.8, 4) is 0 Å². The molecule has 2 aromatic rings. The molecule has 4 unspecified atom stereocenters. The maximum absolute atomic E-state index is 13.6. The number of nitrogens with two attached hydrogens (primary N) is 2. The van der Waals surface area contributed by atoms with Gasteiger partial charge in [0, 0.05) is 30.1 Å². The average molecular weight is 557 g/mol. The molecule has 1 aliphatic heterocycles. The second-order valence-electron chi connectivity index (χ2n) is 10.4. The zero-order chi connectivity index (χ0) is 29.2. The third-order valence-corrected chi connectivity index (χ3v) is 6.92. The molecule has 0 spiro atoms. The molecule has 1 aromatic carbocycles. The van der Waals surface area contributed by atoms with Crippen molar-refractivity contribution in [3.63, 3.8) is 0 Å². The van der Waals surface area contributed by atoms with Gasteiger partial charge in [0.25, 0.3) is 0 Å². The van der Waals surface area contributed by atoms with E-state index in [1.165, 1.54) is 0 Å². The summed E-state index contributed by atoms with van der Waals surface area (Å²) in [6.07, 6.45) is 3.99. The first kappa shape index (κ1) is 30.4. The van der Waals surface area contributed by atoms with E-state index in [0.717, 1.165) is 29.4 Å². The van der Waals surface area contributed by atoms with Crippen molar-refractivity contribution in [1.82, 2.24) is 26.3 Å². The van der Waals surface area contributed by atoms with Gasteiger partial charge in [-0.2, -0.15) is 0 Å². The molecule has 1 aliphatic rings. The molecule has 1 aromatic heterocycles. The number of aliphatic imine (C=N–C) groups is 1. The molecule has 0 saturated carbocycles. The molecule has 13 nitrogen and oxygen atoms in total. The first-order valence-electron chi connectivity index (χ1n) is 13.5. The third-order valence-electron chi connectivity index (χ3n) is 6.92. The Bertz CT molecular complexity index is 1220. The second kappa shape index (κ2) is 14.3. The summed E-state index contributed by atoms with van der Waals surface area (Å²) < 4.78 is 0. The van der Waals surface area contributed by atoms with Crippen LogP contribution in [0.2, 0.25) is 0 Å². The number of hydrogen-bond acceptors (Lipinski definition) is 6. The molecule has 10 N–H and O–H groups in total. The number of aromatic nitrogens is 1. The molecule has 13 heteroatoms. The van der Waals surface area contributed by atoms with Crippen LogP contribution in [0.3, 0.4) is 0 Å². The number of guanidine groups is 1. The maximum atomic E-state index is 13.6. The molecule has 0 bridgehead atoms. The molecule has 1 saturated heterocycles. The average Bonchev–Trinajstić information content (AvgIpc) is 3.58. The molecule has 4 atom stereocenters. The number of carbonyl (C=O) groups excluding carboxylic acids is 3. The van der Waals surface area contributed by atoms with Gasteiger partial charge in [-0.3, -0.25) is 19.4 Å². The number of fused-ring (bicyclic) bond motifs is 1. The van der Waals surface area contributed by atoms with Crippen LogP contribution < -0.4 is 32.7 Å². The summed E-state index contributed by atoms with van der Waals surface area (Å²) in [7, 11) is 0. The summed E-state index contributed by atoms with van der Waals surface area (Å²) in [6, 6.07) is 4.03. The Hall–Kier alpha value is -4.13. The van der Waals surface area contributed by atoms with E-state index < -0.39 is 42.0 Å². The van der Waals surface area contributed by atoms with E-state index in [2.05, 4.69) is 31.2 Å². The SMILES string of the molecule is CC(C)C(NC(=O)C(CCCN=C(N)N)NC(=O)C(Cc1c[nH]c2ccccc12)NC(=O)C1CCCN1)C(=O)O. The van der Waals surface area contributed by atoms with Gasteiger partial charge in [-0.05, 0) is 49.8 Å². The monoisotopic (exact) mass is 556 g/mol. The maximum Gasteiger partial charge on any atom is 0.326 e. The lowest BCUT2D eigenvalue weighted by molar-refractivity contribution is -0.143. The Kier molecular flexibility index (Phi) is 10.9. The van der Waals surface area contributed by atoms with Crippen LogP contribution in [-0.2, 0) is 25.6 Å². The Morgan fingerprint density at radius 2 is 1.80 bits per heavy atom. The van der Waals surface area contributed by atoms with Crippen LogP contribution in [0.15, 0.2) is 35.5 Å². The highest BCUT2D eigenvalue weighted by atomic mass is 16.4. The van der Waals surface area contributed by atoms with Gasteiger partial charge in [0.15, 0.2) is 5.96 Å². The number of carbonyl (C=O) groups is 4. The van der Waals surface area contributed by atoms with Crippen LogP contribution >= 0.6 is 0 Å². The van der Waals surface area contributed by atoms with Gasteiger partial charge < -0.3 is 42.8 Å². The van der Waals surface area contributed by atoms with Crippen LogP contribution in [-0.4, -0.2) is 77.0 Å². The number of aliphatic carboxylic acids is 1. The van der Waals surface area contributed by atoms with Crippen molar-refractivity contribution in [2.75, 3.05) is 13.1 Å². The van der Waals surface area contributed by atoms with Crippen molar-refractivity contribution in [2.24, 2.45) is 22.4 Å². The van der Waals surface area contributed by atoms with Gasteiger partial charge in [-0.15, -0.1) is 0 Å². The Morgan fingerprint density at radius 1 is 1.07 bits per heavy atom. The number of carboxylic acid groups (broad SMARTS) is 1. The number of carboxylic acids is 1. The molecule has 3 amide bonds. The van der Waals surface area contributed by atoms with Crippen LogP contribution in [0.25, 0.3) is 10.9 Å². The highest BCUT2D eigenvalue weighted by Gasteiger charge is 2.32. The highest BCUT2D eigenvalue weighted by Crippen LogP contribution is 2.19. The Balaban J connectivity index is 1.82. The first-order valence-corrected chi connectivity index (χ1v) is 13.5. The third kappa shape index (κ3) is 8.43. The van der Waals surface area contributed by atoms with Gasteiger partial charge in [-0.25, -0.2) is 4.79 Å². The Morgan fingerprint density at radius 3 is 2.45 bits per heavy atom. The van der Waals surface area contributed by atoms with Crippen molar-refractivity contribution in [1.29, 1.82) is 0 Å². The van der Waals surface area contributed by atoms with Crippen LogP contribution in [0.5, 0.6) is 0 Å². The van der Waals surface area contributed by atoms with Crippen LogP contribution in [0.4, 0.5) is 0 Å². The van der Waals surface area contributed by atoms with Crippen molar-refractivity contribution in [3.05, 3.63) is 36.0 Å². The van der Waals surface area contributed by atoms with Crippen LogP contribution in [0, 0.1) is 5.92 Å². The minimum atomic E-state index is -1.18. The van der Waals surface area contributed by atoms with E-state index in [1.807, 2.05) is 24.3 Å². The zero-order valence-corrected chi connectivity index (χ0v) is 22.9. The molecule has 0 radical (unpaired) electrons. The molecule has 218 valence electrons. The quantitative estimate of drug-likeness (QED) is 0.0876. The summed E-state index contributed by atoms with van der Waals surface area (Å²) >= 11 is 0. The molecule has 1 fully saturated rings. The predicted octanol–water partition coefficient (Wildman–Crippen LogP) is -0.289. The van der Waals surface area contributed by atoms with Gasteiger partial charge in [0.2, 0.25) is 17.7 Å². The van der Waals surface area contributed by atoms with Gasteiger partial charge in [-0.1, -0.05) is 32.0 Å². The normalized spacial score (nSPS) is 17.1. The lowest BCUT2D eigenvalue weighted by atomic mass is 10.0. The zero-order valence-electron chi connectivity index (χ0n) is 22.9. The summed E-state index contributed by atoms with van der Waals surface area (Å²) in [5.74, 6) is -3.16. The number of para-hydroxylation sites is 1. The van der Waals surface area contributed by atoms with Crippen molar-refractivity contribution < 1.29 is 24.3 Å². The molecule has 0 aliphatic carbocycles. The molecule has 3 rings (SSSR count). The number of aromatic amines is 1. The van der Waals surface area contributed by atoms with Gasteiger partial charge in [0.05, 0.1) is 6.04 Å².